The lowest BCUT2D eigenvalue weighted by Gasteiger charge is -2.36. The van der Waals surface area contributed by atoms with Gasteiger partial charge in [0.05, 0.1) is 18.1 Å². The molecule has 7 nitrogen and oxygen atoms in total. The summed E-state index contributed by atoms with van der Waals surface area (Å²) in [6.07, 6.45) is 0.684. The van der Waals surface area contributed by atoms with Crippen LogP contribution in [0.15, 0.2) is 4.99 Å². The first-order chi connectivity index (χ1) is 10.8. The second kappa shape index (κ2) is 9.21. The van der Waals surface area contributed by atoms with Gasteiger partial charge in [-0.15, -0.1) is 24.0 Å². The Morgan fingerprint density at radius 2 is 2.08 bits per heavy atom. The molecule has 1 N–H and O–H groups in total. The van der Waals surface area contributed by atoms with E-state index in [4.69, 9.17) is 0 Å². The number of aliphatic imine (C=N–C) groups is 1. The maximum absolute atomic E-state index is 12.1. The van der Waals surface area contributed by atoms with Crippen LogP contribution >= 0.6 is 24.0 Å². The van der Waals surface area contributed by atoms with E-state index < -0.39 is 9.84 Å². The third-order valence-corrected chi connectivity index (χ3v) is 6.08. The smallest absolute Gasteiger partial charge is 0.242 e. The molecule has 0 radical (unpaired) electrons. The van der Waals surface area contributed by atoms with Crippen molar-refractivity contribution in [2.75, 3.05) is 44.2 Å². The fourth-order valence-electron chi connectivity index (χ4n) is 2.95. The second-order valence-electron chi connectivity index (χ2n) is 6.63. The summed E-state index contributed by atoms with van der Waals surface area (Å²) in [4.78, 5) is 20.5. The van der Waals surface area contributed by atoms with Crippen LogP contribution in [-0.4, -0.2) is 80.4 Å². The van der Waals surface area contributed by atoms with Crippen LogP contribution < -0.4 is 5.32 Å². The zero-order valence-corrected chi connectivity index (χ0v) is 17.8. The molecule has 9 heteroatoms. The first-order valence-electron chi connectivity index (χ1n) is 8.35. The summed E-state index contributed by atoms with van der Waals surface area (Å²) in [7, 11) is -2.87. The monoisotopic (exact) mass is 472 g/mol. The average Bonchev–Trinajstić information content (AvgIpc) is 2.82. The van der Waals surface area contributed by atoms with Crippen molar-refractivity contribution < 1.29 is 13.2 Å². The second-order valence-corrected chi connectivity index (χ2v) is 8.86. The van der Waals surface area contributed by atoms with Gasteiger partial charge in [0.25, 0.3) is 0 Å². The number of carbonyl (C=O) groups excluding carboxylic acids is 1. The zero-order chi connectivity index (χ0) is 17.0. The Morgan fingerprint density at radius 3 is 2.58 bits per heavy atom. The highest BCUT2D eigenvalue weighted by Crippen LogP contribution is 2.18. The van der Waals surface area contributed by atoms with E-state index in [9.17, 15) is 13.2 Å². The zero-order valence-electron chi connectivity index (χ0n) is 14.7. The van der Waals surface area contributed by atoms with Gasteiger partial charge in [-0.1, -0.05) is 0 Å². The molecule has 2 rings (SSSR count). The van der Waals surface area contributed by atoms with Crippen LogP contribution in [0.2, 0.25) is 0 Å². The van der Waals surface area contributed by atoms with Crippen LogP contribution in [0.3, 0.4) is 0 Å². The molecular formula is C15H29IN4O3S. The van der Waals surface area contributed by atoms with E-state index in [1.807, 2.05) is 30.6 Å². The number of piperazine rings is 1. The summed E-state index contributed by atoms with van der Waals surface area (Å²) < 4.78 is 23.1. The molecule has 2 aliphatic heterocycles. The highest BCUT2D eigenvalue weighted by Gasteiger charge is 2.29. The van der Waals surface area contributed by atoms with Crippen molar-refractivity contribution in [3.8, 4) is 0 Å². The number of sulfone groups is 1. The van der Waals surface area contributed by atoms with Gasteiger partial charge in [0.1, 0.15) is 0 Å². The molecule has 1 atom stereocenters. The molecule has 2 saturated heterocycles. The van der Waals surface area contributed by atoms with Crippen LogP contribution in [0, 0.1) is 5.92 Å². The van der Waals surface area contributed by atoms with Crippen LogP contribution in [0.5, 0.6) is 0 Å². The number of rotatable bonds is 4. The number of nitrogens with one attached hydrogen (secondary N) is 1. The number of nitrogens with zero attached hydrogens (tertiary/aromatic N) is 3. The molecule has 0 aromatic carbocycles. The number of hydrogen-bond donors (Lipinski definition) is 1. The van der Waals surface area contributed by atoms with Gasteiger partial charge in [-0.2, -0.15) is 0 Å². The fourth-order valence-corrected chi connectivity index (χ4v) is 4.80. The summed E-state index contributed by atoms with van der Waals surface area (Å²) in [5, 5.41) is 3.30. The van der Waals surface area contributed by atoms with Gasteiger partial charge < -0.3 is 15.1 Å². The lowest BCUT2D eigenvalue weighted by Crippen LogP contribution is -2.56. The molecule has 0 spiro atoms. The highest BCUT2D eigenvalue weighted by molar-refractivity contribution is 14.0. The minimum atomic E-state index is -2.87. The van der Waals surface area contributed by atoms with E-state index in [0.29, 0.717) is 32.0 Å². The molecule has 0 aromatic heterocycles. The highest BCUT2D eigenvalue weighted by atomic mass is 127. The topological polar surface area (TPSA) is 82.1 Å². The lowest BCUT2D eigenvalue weighted by atomic mass is 10.1. The molecule has 0 saturated carbocycles. The molecule has 1 amide bonds. The first-order valence-corrected chi connectivity index (χ1v) is 10.2. The third-order valence-electron chi connectivity index (χ3n) is 4.24. The molecular weight excluding hydrogens is 443 g/mol. The molecule has 2 fully saturated rings. The molecule has 1 unspecified atom stereocenters. The largest absolute Gasteiger partial charge is 0.354 e. The lowest BCUT2D eigenvalue weighted by molar-refractivity contribution is -0.134. The summed E-state index contributed by atoms with van der Waals surface area (Å²) in [5.74, 6) is 1.42. The normalized spacial score (nSPS) is 24.2. The Labute approximate surface area is 162 Å². The van der Waals surface area contributed by atoms with E-state index in [2.05, 4.69) is 10.3 Å². The Morgan fingerprint density at radius 1 is 1.38 bits per heavy atom. The number of amides is 1. The van der Waals surface area contributed by atoms with E-state index >= 15 is 0 Å². The van der Waals surface area contributed by atoms with Crippen molar-refractivity contribution in [3.63, 3.8) is 0 Å². The van der Waals surface area contributed by atoms with Crippen LogP contribution in [-0.2, 0) is 14.6 Å². The Balaban J connectivity index is 0.00000288. The predicted molar refractivity (Wildman–Crippen MR) is 107 cm³/mol. The number of halogens is 1. The molecule has 2 aliphatic rings. The number of likely N-dealkylation sites (N-methyl/N-ethyl adjacent to an activating group) is 1. The van der Waals surface area contributed by atoms with Crippen LogP contribution in [0.25, 0.3) is 0 Å². The summed E-state index contributed by atoms with van der Waals surface area (Å²) in [5.41, 5.74) is 0. The van der Waals surface area contributed by atoms with Crippen molar-refractivity contribution in [1.29, 1.82) is 0 Å². The minimum absolute atomic E-state index is 0. The predicted octanol–water partition coefficient (Wildman–Crippen LogP) is 0.557. The van der Waals surface area contributed by atoms with Gasteiger partial charge >= 0.3 is 0 Å². The van der Waals surface area contributed by atoms with E-state index in [-0.39, 0.29) is 53.3 Å². The standard InChI is InChI=1S/C15H28N4O3S.HI/c1-4-18-6-7-19(10-14(18)20)15(17-12(2)3)16-9-13-5-8-23(21,22)11-13;/h12-13H,4-11H2,1-3H3,(H,16,17);1H. The molecule has 0 aromatic rings. The average molecular weight is 472 g/mol. The maximum atomic E-state index is 12.1. The van der Waals surface area contributed by atoms with Crippen molar-refractivity contribution >= 4 is 45.7 Å². The molecule has 2 heterocycles. The Hall–Kier alpha value is -0.580. The van der Waals surface area contributed by atoms with Crippen molar-refractivity contribution in [1.82, 2.24) is 15.1 Å². The minimum Gasteiger partial charge on any atom is -0.354 e. The number of hydrogen-bond acceptors (Lipinski definition) is 4. The van der Waals surface area contributed by atoms with Crippen molar-refractivity contribution in [3.05, 3.63) is 0 Å². The Bertz CT molecular complexity index is 565. The summed E-state index contributed by atoms with van der Waals surface area (Å²) >= 11 is 0. The van der Waals surface area contributed by atoms with Gasteiger partial charge in [0, 0.05) is 32.2 Å². The van der Waals surface area contributed by atoms with E-state index in [1.165, 1.54) is 0 Å². The van der Waals surface area contributed by atoms with Gasteiger partial charge in [-0.25, -0.2) is 8.42 Å². The van der Waals surface area contributed by atoms with Gasteiger partial charge in [-0.05, 0) is 33.1 Å². The summed E-state index contributed by atoms with van der Waals surface area (Å²) in [6, 6.07) is 0.209. The van der Waals surface area contributed by atoms with E-state index in [1.54, 1.807) is 0 Å². The van der Waals surface area contributed by atoms with Gasteiger partial charge in [0.15, 0.2) is 15.8 Å². The molecule has 140 valence electrons. The van der Waals surface area contributed by atoms with Crippen LogP contribution in [0.4, 0.5) is 0 Å². The molecule has 0 aliphatic carbocycles. The van der Waals surface area contributed by atoms with Crippen molar-refractivity contribution in [2.24, 2.45) is 10.9 Å². The van der Waals surface area contributed by atoms with Gasteiger partial charge in [0.2, 0.25) is 5.91 Å². The summed E-state index contributed by atoms with van der Waals surface area (Å²) in [6.45, 7) is 9.05. The van der Waals surface area contributed by atoms with Crippen LogP contribution in [0.1, 0.15) is 27.2 Å². The van der Waals surface area contributed by atoms with Crippen molar-refractivity contribution in [2.45, 2.75) is 33.2 Å². The SMILES string of the molecule is CCN1CCN(C(=NCC2CCS(=O)(=O)C2)NC(C)C)CC1=O.I. The molecule has 24 heavy (non-hydrogen) atoms. The number of carbonyl (C=O) groups is 1. The maximum Gasteiger partial charge on any atom is 0.242 e. The van der Waals surface area contributed by atoms with E-state index in [0.717, 1.165) is 13.1 Å². The first kappa shape index (κ1) is 21.5. The quantitative estimate of drug-likeness (QED) is 0.368. The fraction of sp³-hybridized carbons (Fsp3) is 0.867. The molecule has 0 bridgehead atoms. The third kappa shape index (κ3) is 6.05. The Kier molecular flexibility index (Phi) is 8.24. The van der Waals surface area contributed by atoms with Gasteiger partial charge in [-0.3, -0.25) is 9.79 Å². The number of guanidine groups is 1.